The quantitative estimate of drug-likeness (QED) is 0.698. The van der Waals surface area contributed by atoms with Gasteiger partial charge in [0.05, 0.1) is 6.04 Å². The number of hydrogen-bond donors (Lipinski definition) is 1. The maximum atomic E-state index is 3.64. The molecule has 0 amide bonds. The minimum atomic E-state index is 0.377. The second-order valence-corrected chi connectivity index (χ2v) is 5.84. The fourth-order valence-electron chi connectivity index (χ4n) is 2.17. The topological polar surface area (TPSA) is 12.0 Å². The fourth-order valence-corrected chi connectivity index (χ4v) is 2.72. The summed E-state index contributed by atoms with van der Waals surface area (Å²) in [5, 5.41) is 3.64. The summed E-state index contributed by atoms with van der Waals surface area (Å²) >= 11 is 2.38. The van der Waals surface area contributed by atoms with E-state index in [9.17, 15) is 0 Å². The second-order valence-electron chi connectivity index (χ2n) is 4.68. The van der Waals surface area contributed by atoms with Gasteiger partial charge in [-0.2, -0.15) is 0 Å². The van der Waals surface area contributed by atoms with Gasteiger partial charge in [-0.05, 0) is 58.7 Å². The molecule has 0 saturated heterocycles. The lowest BCUT2D eigenvalue weighted by molar-refractivity contribution is 0.748. The highest BCUT2D eigenvalue weighted by molar-refractivity contribution is 14.1. The molecule has 2 rings (SSSR count). The molecule has 2 aromatic rings. The Labute approximate surface area is 129 Å². The minimum absolute atomic E-state index is 0.377. The molecular formula is C17H20IN. The van der Waals surface area contributed by atoms with E-state index >= 15 is 0 Å². The monoisotopic (exact) mass is 365 g/mol. The van der Waals surface area contributed by atoms with Gasteiger partial charge in [0.25, 0.3) is 0 Å². The Kier molecular flexibility index (Phi) is 5.25. The lowest BCUT2D eigenvalue weighted by Crippen LogP contribution is -2.10. The standard InChI is InChI=1S/C17H20IN/c1-3-13-9-11-14(12-10-13)16(4-2)19-17-8-6-5-7-15(17)18/h5-12,16,19H,3-4H2,1-2H3. The van der Waals surface area contributed by atoms with Gasteiger partial charge in [0, 0.05) is 9.26 Å². The average Bonchev–Trinajstić information content (AvgIpc) is 2.47. The number of halogens is 1. The van der Waals surface area contributed by atoms with Crippen LogP contribution in [0.15, 0.2) is 48.5 Å². The van der Waals surface area contributed by atoms with Crippen molar-refractivity contribution in [3.8, 4) is 0 Å². The molecule has 0 aliphatic rings. The van der Waals surface area contributed by atoms with Gasteiger partial charge in [-0.25, -0.2) is 0 Å². The summed E-state index contributed by atoms with van der Waals surface area (Å²) in [4.78, 5) is 0. The highest BCUT2D eigenvalue weighted by Crippen LogP contribution is 2.26. The molecule has 2 heteroatoms. The van der Waals surface area contributed by atoms with Crippen LogP contribution in [-0.4, -0.2) is 0 Å². The van der Waals surface area contributed by atoms with E-state index in [4.69, 9.17) is 0 Å². The van der Waals surface area contributed by atoms with Crippen LogP contribution in [0, 0.1) is 3.57 Å². The fraction of sp³-hybridized carbons (Fsp3) is 0.294. The van der Waals surface area contributed by atoms with Gasteiger partial charge in [0.1, 0.15) is 0 Å². The molecular weight excluding hydrogens is 345 g/mol. The lowest BCUT2D eigenvalue weighted by Gasteiger charge is -2.20. The van der Waals surface area contributed by atoms with E-state index in [0.29, 0.717) is 6.04 Å². The molecule has 1 atom stereocenters. The first-order valence-corrected chi connectivity index (χ1v) is 7.92. The summed E-state index contributed by atoms with van der Waals surface area (Å²) in [6, 6.07) is 17.8. The van der Waals surface area contributed by atoms with E-state index in [1.54, 1.807) is 0 Å². The number of rotatable bonds is 5. The number of benzene rings is 2. The molecule has 0 aromatic heterocycles. The van der Waals surface area contributed by atoms with Crippen LogP contribution in [0.5, 0.6) is 0 Å². The van der Waals surface area contributed by atoms with Gasteiger partial charge < -0.3 is 5.32 Å². The smallest absolute Gasteiger partial charge is 0.0511 e. The van der Waals surface area contributed by atoms with Crippen LogP contribution < -0.4 is 5.32 Å². The molecule has 2 aromatic carbocycles. The van der Waals surface area contributed by atoms with Gasteiger partial charge >= 0.3 is 0 Å². The van der Waals surface area contributed by atoms with Gasteiger partial charge in [0.15, 0.2) is 0 Å². The first-order valence-electron chi connectivity index (χ1n) is 6.84. The normalized spacial score (nSPS) is 12.2. The predicted octanol–water partition coefficient (Wildman–Crippen LogP) is 5.42. The Morgan fingerprint density at radius 3 is 2.26 bits per heavy atom. The average molecular weight is 365 g/mol. The summed E-state index contributed by atoms with van der Waals surface area (Å²) in [5.41, 5.74) is 3.97. The number of anilines is 1. The van der Waals surface area contributed by atoms with Crippen LogP contribution in [0.2, 0.25) is 0 Å². The molecule has 0 heterocycles. The maximum Gasteiger partial charge on any atom is 0.0511 e. The van der Waals surface area contributed by atoms with Crippen molar-refractivity contribution in [1.82, 2.24) is 0 Å². The minimum Gasteiger partial charge on any atom is -0.377 e. The van der Waals surface area contributed by atoms with E-state index in [0.717, 1.165) is 12.8 Å². The van der Waals surface area contributed by atoms with E-state index in [1.165, 1.54) is 20.4 Å². The zero-order valence-corrected chi connectivity index (χ0v) is 13.6. The van der Waals surface area contributed by atoms with E-state index in [1.807, 2.05) is 0 Å². The summed E-state index contributed by atoms with van der Waals surface area (Å²) in [6.07, 6.45) is 2.18. The SMILES string of the molecule is CCc1ccc(C(CC)Nc2ccccc2I)cc1. The van der Waals surface area contributed by atoms with E-state index in [2.05, 4.69) is 90.3 Å². The molecule has 19 heavy (non-hydrogen) atoms. The highest BCUT2D eigenvalue weighted by Gasteiger charge is 2.10. The van der Waals surface area contributed by atoms with Crippen LogP contribution in [0.1, 0.15) is 37.4 Å². The summed E-state index contributed by atoms with van der Waals surface area (Å²) in [5.74, 6) is 0. The molecule has 1 nitrogen and oxygen atoms in total. The van der Waals surface area contributed by atoms with Crippen molar-refractivity contribution < 1.29 is 0 Å². The number of nitrogens with one attached hydrogen (secondary N) is 1. The molecule has 100 valence electrons. The Morgan fingerprint density at radius 1 is 1.00 bits per heavy atom. The molecule has 0 bridgehead atoms. The second kappa shape index (κ2) is 6.94. The molecule has 0 fully saturated rings. The highest BCUT2D eigenvalue weighted by atomic mass is 127. The van der Waals surface area contributed by atoms with Crippen molar-refractivity contribution in [3.63, 3.8) is 0 Å². The third-order valence-electron chi connectivity index (χ3n) is 3.40. The van der Waals surface area contributed by atoms with Crippen molar-refractivity contribution in [2.24, 2.45) is 0 Å². The van der Waals surface area contributed by atoms with Crippen LogP contribution >= 0.6 is 22.6 Å². The lowest BCUT2D eigenvalue weighted by atomic mass is 10.0. The molecule has 0 radical (unpaired) electrons. The summed E-state index contributed by atoms with van der Waals surface area (Å²) in [7, 11) is 0. The van der Waals surface area contributed by atoms with Crippen LogP contribution in [0.3, 0.4) is 0 Å². The summed E-state index contributed by atoms with van der Waals surface area (Å²) in [6.45, 7) is 4.41. The van der Waals surface area contributed by atoms with Crippen LogP contribution in [0.25, 0.3) is 0 Å². The third kappa shape index (κ3) is 3.72. The number of aryl methyl sites for hydroxylation is 1. The largest absolute Gasteiger partial charge is 0.377 e. The third-order valence-corrected chi connectivity index (χ3v) is 4.34. The zero-order valence-electron chi connectivity index (χ0n) is 11.5. The molecule has 0 aliphatic carbocycles. The molecule has 0 aliphatic heterocycles. The van der Waals surface area contributed by atoms with Crippen molar-refractivity contribution in [3.05, 3.63) is 63.2 Å². The number of hydrogen-bond acceptors (Lipinski definition) is 1. The van der Waals surface area contributed by atoms with E-state index < -0.39 is 0 Å². The Morgan fingerprint density at radius 2 is 1.68 bits per heavy atom. The van der Waals surface area contributed by atoms with Crippen molar-refractivity contribution in [1.29, 1.82) is 0 Å². The molecule has 1 N–H and O–H groups in total. The molecule has 0 saturated carbocycles. The summed E-state index contributed by atoms with van der Waals surface area (Å²) < 4.78 is 1.27. The van der Waals surface area contributed by atoms with Crippen molar-refractivity contribution in [2.75, 3.05) is 5.32 Å². The predicted molar refractivity (Wildman–Crippen MR) is 91.6 cm³/mol. The van der Waals surface area contributed by atoms with Gasteiger partial charge in [0.2, 0.25) is 0 Å². The first kappa shape index (κ1) is 14.4. The van der Waals surface area contributed by atoms with Gasteiger partial charge in [-0.3, -0.25) is 0 Å². The maximum absolute atomic E-state index is 3.64. The van der Waals surface area contributed by atoms with E-state index in [-0.39, 0.29) is 0 Å². The number of para-hydroxylation sites is 1. The first-order chi connectivity index (χ1) is 9.24. The van der Waals surface area contributed by atoms with Gasteiger partial charge in [-0.1, -0.05) is 50.2 Å². The van der Waals surface area contributed by atoms with Crippen LogP contribution in [-0.2, 0) is 6.42 Å². The zero-order chi connectivity index (χ0) is 13.7. The molecule has 1 unspecified atom stereocenters. The Bertz CT molecular complexity index is 519. The van der Waals surface area contributed by atoms with Crippen molar-refractivity contribution in [2.45, 2.75) is 32.7 Å². The Hall–Kier alpha value is -1.03. The van der Waals surface area contributed by atoms with Crippen LogP contribution in [0.4, 0.5) is 5.69 Å². The van der Waals surface area contributed by atoms with Crippen molar-refractivity contribution >= 4 is 28.3 Å². The van der Waals surface area contributed by atoms with Gasteiger partial charge in [-0.15, -0.1) is 0 Å². The Balaban J connectivity index is 2.17. The molecule has 0 spiro atoms.